The lowest BCUT2D eigenvalue weighted by Crippen LogP contribution is -2.42. The molecular weight excluding hydrogens is 562 g/mol. The van der Waals surface area contributed by atoms with Crippen LogP contribution in [0.2, 0.25) is 5.02 Å². The van der Waals surface area contributed by atoms with E-state index in [1.165, 1.54) is 7.11 Å². The number of aryl methyl sites for hydroxylation is 4. The molecule has 0 aliphatic carbocycles. The van der Waals surface area contributed by atoms with Crippen molar-refractivity contribution in [1.29, 1.82) is 0 Å². The Bertz CT molecular complexity index is 1530. The summed E-state index contributed by atoms with van der Waals surface area (Å²) in [4.78, 5) is 27.5. The van der Waals surface area contributed by atoms with E-state index in [-0.39, 0.29) is 17.2 Å². The number of nitrogens with one attached hydrogen (secondary N) is 2. The Kier molecular flexibility index (Phi) is 10.7. The number of benzene rings is 3. The van der Waals surface area contributed by atoms with E-state index in [1.807, 2.05) is 51.0 Å². The fourth-order valence-corrected chi connectivity index (χ4v) is 6.30. The predicted octanol–water partition coefficient (Wildman–Crippen LogP) is 5.31. The van der Waals surface area contributed by atoms with Crippen molar-refractivity contribution >= 4 is 39.1 Å². The third kappa shape index (κ3) is 8.16. The maximum atomic E-state index is 13.2. The van der Waals surface area contributed by atoms with Crippen LogP contribution in [0.5, 0.6) is 0 Å². The molecule has 220 valence electrons. The van der Waals surface area contributed by atoms with E-state index in [9.17, 15) is 18.0 Å². The number of hydrogen-bond acceptors (Lipinski definition) is 7. The van der Waals surface area contributed by atoms with Gasteiger partial charge < -0.3 is 9.64 Å². The Hall–Kier alpha value is -3.24. The topological polar surface area (TPSA) is 105 Å². The molecule has 0 fully saturated rings. The first-order valence-corrected chi connectivity index (χ1v) is 15.1. The fraction of sp³-hybridized carbons (Fsp3) is 0.355. The number of methoxy groups -OCH3 is 1. The second-order valence-electron chi connectivity index (χ2n) is 10.5. The summed E-state index contributed by atoms with van der Waals surface area (Å²) < 4.78 is 33.9. The number of carbonyl (C=O) groups is 2. The standard InChI is InChI=1S/C31H38ClN3O5S/c1-19-16-29(20(2)15-26(19)32)41(38,39)34-25-10-8-9-23(17-25)24-13-21(3)30(22(4)14-24)28(36)18-33-27(31(37)40-7)11-12-35(5)6/h8-10,13-17,27,33-34H,11-12,18H2,1-7H3. The van der Waals surface area contributed by atoms with E-state index >= 15 is 0 Å². The van der Waals surface area contributed by atoms with Gasteiger partial charge in [-0.1, -0.05) is 35.9 Å². The molecule has 3 rings (SSSR count). The third-order valence-corrected chi connectivity index (χ3v) is 8.80. The van der Waals surface area contributed by atoms with Crippen LogP contribution in [0.3, 0.4) is 0 Å². The van der Waals surface area contributed by atoms with E-state index in [0.717, 1.165) is 22.3 Å². The van der Waals surface area contributed by atoms with Gasteiger partial charge >= 0.3 is 5.97 Å². The van der Waals surface area contributed by atoms with Crippen LogP contribution in [0, 0.1) is 27.7 Å². The minimum Gasteiger partial charge on any atom is -0.468 e. The second kappa shape index (κ2) is 13.6. The zero-order chi connectivity index (χ0) is 30.5. The van der Waals surface area contributed by atoms with Crippen molar-refractivity contribution in [3.8, 4) is 11.1 Å². The van der Waals surface area contributed by atoms with Gasteiger partial charge in [0.05, 0.1) is 18.6 Å². The van der Waals surface area contributed by atoms with Crippen LogP contribution in [0.1, 0.15) is 39.0 Å². The SMILES string of the molecule is COC(=O)C(CCN(C)C)NCC(=O)c1c(C)cc(-c2cccc(NS(=O)(=O)c3cc(C)c(Cl)cc3C)c2)cc1C. The Balaban J connectivity index is 1.82. The highest BCUT2D eigenvalue weighted by Gasteiger charge is 2.22. The first-order valence-electron chi connectivity index (χ1n) is 13.2. The lowest BCUT2D eigenvalue weighted by atomic mass is 9.93. The van der Waals surface area contributed by atoms with Crippen LogP contribution in [-0.2, 0) is 19.6 Å². The monoisotopic (exact) mass is 599 g/mol. The summed E-state index contributed by atoms with van der Waals surface area (Å²) in [6, 6.07) is 13.6. The van der Waals surface area contributed by atoms with Crippen LogP contribution in [0.25, 0.3) is 11.1 Å². The van der Waals surface area contributed by atoms with Gasteiger partial charge in [0.25, 0.3) is 10.0 Å². The molecular formula is C31H38ClN3O5S. The quantitative estimate of drug-likeness (QED) is 0.215. The van der Waals surface area contributed by atoms with E-state index in [1.54, 1.807) is 44.2 Å². The lowest BCUT2D eigenvalue weighted by Gasteiger charge is -2.19. The fourth-order valence-electron chi connectivity index (χ4n) is 4.72. The minimum atomic E-state index is -3.84. The first-order chi connectivity index (χ1) is 19.2. The van der Waals surface area contributed by atoms with Gasteiger partial charge in [0, 0.05) is 16.3 Å². The number of carbonyl (C=O) groups excluding carboxylic acids is 2. The normalized spacial score (nSPS) is 12.3. The molecule has 1 atom stereocenters. The number of Topliss-reactive ketones (excluding diaryl/α,β-unsaturated/α-hetero) is 1. The van der Waals surface area contributed by atoms with Crippen LogP contribution in [-0.4, -0.2) is 65.4 Å². The molecule has 0 radical (unpaired) electrons. The summed E-state index contributed by atoms with van der Waals surface area (Å²) >= 11 is 6.15. The van der Waals surface area contributed by atoms with Crippen molar-refractivity contribution in [1.82, 2.24) is 10.2 Å². The maximum absolute atomic E-state index is 13.2. The molecule has 1 unspecified atom stereocenters. The summed E-state index contributed by atoms with van der Waals surface area (Å²) in [5.41, 5.74) is 5.46. The van der Waals surface area contributed by atoms with E-state index < -0.39 is 22.0 Å². The number of halogens is 1. The van der Waals surface area contributed by atoms with E-state index in [2.05, 4.69) is 10.0 Å². The molecule has 8 nitrogen and oxygen atoms in total. The Morgan fingerprint density at radius 3 is 2.20 bits per heavy atom. The molecule has 3 aromatic carbocycles. The number of anilines is 1. The first kappa shape index (κ1) is 32.3. The van der Waals surface area contributed by atoms with Crippen LogP contribution < -0.4 is 10.0 Å². The molecule has 0 aliphatic rings. The maximum Gasteiger partial charge on any atom is 0.322 e. The van der Waals surface area contributed by atoms with Crippen molar-refractivity contribution in [2.24, 2.45) is 0 Å². The van der Waals surface area contributed by atoms with Crippen molar-refractivity contribution in [3.05, 3.63) is 81.4 Å². The summed E-state index contributed by atoms with van der Waals surface area (Å²) in [5.74, 6) is -0.527. The Morgan fingerprint density at radius 2 is 1.59 bits per heavy atom. The number of esters is 1. The molecule has 0 saturated heterocycles. The molecule has 41 heavy (non-hydrogen) atoms. The highest BCUT2D eigenvalue weighted by Crippen LogP contribution is 2.30. The van der Waals surface area contributed by atoms with Gasteiger partial charge in [0.15, 0.2) is 5.78 Å². The van der Waals surface area contributed by atoms with Crippen LogP contribution in [0.15, 0.2) is 53.4 Å². The Morgan fingerprint density at radius 1 is 0.927 bits per heavy atom. The van der Waals surface area contributed by atoms with E-state index in [0.29, 0.717) is 40.4 Å². The van der Waals surface area contributed by atoms with Crippen molar-refractivity contribution in [2.75, 3.05) is 39.0 Å². The number of hydrogen-bond donors (Lipinski definition) is 2. The molecule has 0 heterocycles. The highest BCUT2D eigenvalue weighted by atomic mass is 35.5. The third-order valence-electron chi connectivity index (χ3n) is 6.87. The molecule has 0 amide bonds. The number of ether oxygens (including phenoxy) is 1. The second-order valence-corrected chi connectivity index (χ2v) is 12.6. The number of nitrogens with zero attached hydrogens (tertiary/aromatic N) is 1. The van der Waals surface area contributed by atoms with Gasteiger partial charge in [-0.3, -0.25) is 19.6 Å². The lowest BCUT2D eigenvalue weighted by molar-refractivity contribution is -0.143. The smallest absolute Gasteiger partial charge is 0.322 e. The van der Waals surface area contributed by atoms with Crippen molar-refractivity contribution in [3.63, 3.8) is 0 Å². The minimum absolute atomic E-state index is 0.00489. The van der Waals surface area contributed by atoms with E-state index in [4.69, 9.17) is 16.3 Å². The molecule has 0 aromatic heterocycles. The van der Waals surface area contributed by atoms with Gasteiger partial charge in [-0.05, 0) is 112 Å². The predicted molar refractivity (Wildman–Crippen MR) is 164 cm³/mol. The van der Waals surface area contributed by atoms with Gasteiger partial charge in [-0.2, -0.15) is 0 Å². The van der Waals surface area contributed by atoms with Gasteiger partial charge in [0.2, 0.25) is 0 Å². The molecule has 0 saturated carbocycles. The van der Waals surface area contributed by atoms with Gasteiger partial charge in [0.1, 0.15) is 6.04 Å². The largest absolute Gasteiger partial charge is 0.468 e. The number of sulfonamides is 1. The number of rotatable bonds is 12. The zero-order valence-electron chi connectivity index (χ0n) is 24.6. The summed E-state index contributed by atoms with van der Waals surface area (Å²) in [6.07, 6.45) is 0.515. The molecule has 0 bridgehead atoms. The highest BCUT2D eigenvalue weighted by molar-refractivity contribution is 7.92. The van der Waals surface area contributed by atoms with Crippen molar-refractivity contribution in [2.45, 2.75) is 45.1 Å². The number of ketones is 1. The zero-order valence-corrected chi connectivity index (χ0v) is 26.2. The summed E-state index contributed by atoms with van der Waals surface area (Å²) in [7, 11) is 1.32. The molecule has 10 heteroatoms. The van der Waals surface area contributed by atoms with Crippen LogP contribution >= 0.6 is 11.6 Å². The Labute approximate surface area is 248 Å². The molecule has 0 spiro atoms. The molecule has 2 N–H and O–H groups in total. The van der Waals surface area contributed by atoms with Gasteiger partial charge in [-0.25, -0.2) is 8.42 Å². The van der Waals surface area contributed by atoms with Crippen LogP contribution in [0.4, 0.5) is 5.69 Å². The summed E-state index contributed by atoms with van der Waals surface area (Å²) in [5, 5.41) is 3.57. The summed E-state index contributed by atoms with van der Waals surface area (Å²) in [6.45, 7) is 7.87. The average Bonchev–Trinajstić information content (AvgIpc) is 2.89. The van der Waals surface area contributed by atoms with Crippen molar-refractivity contribution < 1.29 is 22.7 Å². The molecule has 3 aromatic rings. The molecule has 0 aliphatic heterocycles. The average molecular weight is 600 g/mol. The van der Waals surface area contributed by atoms with Gasteiger partial charge in [-0.15, -0.1) is 0 Å².